The van der Waals surface area contributed by atoms with Gasteiger partial charge in [0.25, 0.3) is 0 Å². The number of piperidine rings is 2. The number of anilines is 1. The molecule has 5 heteroatoms. The van der Waals surface area contributed by atoms with Gasteiger partial charge in [0.2, 0.25) is 0 Å². The van der Waals surface area contributed by atoms with Crippen LogP contribution >= 0.6 is 11.6 Å². The number of aromatic nitrogens is 1. The van der Waals surface area contributed by atoms with Gasteiger partial charge >= 0.3 is 0 Å². The van der Waals surface area contributed by atoms with Crippen LogP contribution in [0.1, 0.15) is 31.2 Å². The third-order valence-corrected chi connectivity index (χ3v) is 6.28. The SMILES string of the molecule is O[C@@H]1CCN(C2CCN(c3ccccn3)CC2)[C@@H](Cc2ccc(Cl)cc2)C1. The van der Waals surface area contributed by atoms with Crippen LogP contribution in [0.2, 0.25) is 5.02 Å². The van der Waals surface area contributed by atoms with Crippen molar-refractivity contribution in [2.45, 2.75) is 50.3 Å². The first-order valence-electron chi connectivity index (χ1n) is 10.0. The fourth-order valence-electron chi connectivity index (χ4n) is 4.59. The summed E-state index contributed by atoms with van der Waals surface area (Å²) in [5.41, 5.74) is 1.30. The summed E-state index contributed by atoms with van der Waals surface area (Å²) in [4.78, 5) is 9.55. The maximum Gasteiger partial charge on any atom is 0.128 e. The molecule has 0 bridgehead atoms. The highest BCUT2D eigenvalue weighted by Gasteiger charge is 2.34. The van der Waals surface area contributed by atoms with Crippen LogP contribution in [0.5, 0.6) is 0 Å². The quantitative estimate of drug-likeness (QED) is 0.869. The second kappa shape index (κ2) is 8.59. The molecule has 0 radical (unpaired) electrons. The van der Waals surface area contributed by atoms with Crippen molar-refractivity contribution in [3.63, 3.8) is 0 Å². The average Bonchev–Trinajstić information content (AvgIpc) is 2.71. The van der Waals surface area contributed by atoms with E-state index in [4.69, 9.17) is 11.6 Å². The highest BCUT2D eigenvalue weighted by molar-refractivity contribution is 6.30. The van der Waals surface area contributed by atoms with Crippen molar-refractivity contribution in [2.24, 2.45) is 0 Å². The van der Waals surface area contributed by atoms with Crippen LogP contribution in [0.4, 0.5) is 5.82 Å². The Balaban J connectivity index is 1.40. The molecule has 2 saturated heterocycles. The van der Waals surface area contributed by atoms with Gasteiger partial charge in [0, 0.05) is 42.9 Å². The number of benzene rings is 1. The fraction of sp³-hybridized carbons (Fsp3) is 0.500. The predicted octanol–water partition coefficient (Wildman–Crippen LogP) is 3.77. The van der Waals surface area contributed by atoms with Gasteiger partial charge in [0.15, 0.2) is 0 Å². The average molecular weight is 386 g/mol. The molecule has 4 nitrogen and oxygen atoms in total. The molecule has 1 aromatic heterocycles. The highest BCUT2D eigenvalue weighted by Crippen LogP contribution is 2.29. The first-order valence-corrected chi connectivity index (χ1v) is 10.4. The van der Waals surface area contributed by atoms with Crippen molar-refractivity contribution in [3.05, 3.63) is 59.2 Å². The molecular formula is C22H28ClN3O. The molecular weight excluding hydrogens is 358 g/mol. The smallest absolute Gasteiger partial charge is 0.128 e. The zero-order valence-corrected chi connectivity index (χ0v) is 16.4. The van der Waals surface area contributed by atoms with Gasteiger partial charge in [-0.3, -0.25) is 4.90 Å². The van der Waals surface area contributed by atoms with Crippen LogP contribution in [0.3, 0.4) is 0 Å². The molecule has 2 fully saturated rings. The monoisotopic (exact) mass is 385 g/mol. The molecule has 27 heavy (non-hydrogen) atoms. The Morgan fingerprint density at radius 2 is 1.78 bits per heavy atom. The molecule has 3 heterocycles. The van der Waals surface area contributed by atoms with Gasteiger partial charge in [-0.05, 0) is 61.9 Å². The van der Waals surface area contributed by atoms with E-state index in [1.165, 1.54) is 5.56 Å². The molecule has 2 aliphatic rings. The molecule has 1 N–H and O–H groups in total. The Morgan fingerprint density at radius 3 is 2.48 bits per heavy atom. The Hall–Kier alpha value is -1.62. The largest absolute Gasteiger partial charge is 0.393 e. The van der Waals surface area contributed by atoms with E-state index in [9.17, 15) is 5.11 Å². The molecule has 0 amide bonds. The van der Waals surface area contributed by atoms with Crippen LogP contribution in [-0.4, -0.2) is 52.8 Å². The summed E-state index contributed by atoms with van der Waals surface area (Å²) >= 11 is 6.03. The molecule has 2 aliphatic heterocycles. The summed E-state index contributed by atoms with van der Waals surface area (Å²) < 4.78 is 0. The van der Waals surface area contributed by atoms with Gasteiger partial charge in [-0.1, -0.05) is 29.8 Å². The van der Waals surface area contributed by atoms with E-state index in [0.29, 0.717) is 12.1 Å². The van der Waals surface area contributed by atoms with Crippen LogP contribution in [0, 0.1) is 0 Å². The highest BCUT2D eigenvalue weighted by atomic mass is 35.5. The summed E-state index contributed by atoms with van der Waals surface area (Å²) in [5, 5.41) is 11.0. The first kappa shape index (κ1) is 18.7. The van der Waals surface area contributed by atoms with Gasteiger partial charge in [-0.25, -0.2) is 4.98 Å². The maximum atomic E-state index is 10.2. The lowest BCUT2D eigenvalue weighted by atomic mass is 9.90. The van der Waals surface area contributed by atoms with E-state index >= 15 is 0 Å². The second-order valence-electron chi connectivity index (χ2n) is 7.81. The molecule has 144 valence electrons. The van der Waals surface area contributed by atoms with Crippen molar-refractivity contribution < 1.29 is 5.11 Å². The molecule has 4 rings (SSSR count). The summed E-state index contributed by atoms with van der Waals surface area (Å²) in [6.07, 6.45) is 6.74. The molecule has 0 spiro atoms. The zero-order chi connectivity index (χ0) is 18.6. The summed E-state index contributed by atoms with van der Waals surface area (Å²) in [6, 6.07) is 15.3. The number of hydrogen-bond donors (Lipinski definition) is 1. The third-order valence-electron chi connectivity index (χ3n) is 6.03. The number of likely N-dealkylation sites (tertiary alicyclic amines) is 1. The molecule has 2 aromatic rings. The molecule has 0 saturated carbocycles. The summed E-state index contributed by atoms with van der Waals surface area (Å²) in [6.45, 7) is 3.09. The zero-order valence-electron chi connectivity index (χ0n) is 15.7. The van der Waals surface area contributed by atoms with Crippen molar-refractivity contribution in [2.75, 3.05) is 24.5 Å². The van der Waals surface area contributed by atoms with E-state index in [0.717, 1.165) is 62.6 Å². The maximum absolute atomic E-state index is 10.2. The number of halogens is 1. The first-order chi connectivity index (χ1) is 13.2. The third kappa shape index (κ3) is 4.63. The van der Waals surface area contributed by atoms with Crippen molar-refractivity contribution >= 4 is 17.4 Å². The van der Waals surface area contributed by atoms with Crippen molar-refractivity contribution in [1.29, 1.82) is 0 Å². The molecule has 1 aromatic carbocycles. The van der Waals surface area contributed by atoms with E-state index < -0.39 is 0 Å². The van der Waals surface area contributed by atoms with Gasteiger partial charge in [-0.15, -0.1) is 0 Å². The lowest BCUT2D eigenvalue weighted by molar-refractivity contribution is 0.0109. The van der Waals surface area contributed by atoms with E-state index in [1.807, 2.05) is 24.4 Å². The lowest BCUT2D eigenvalue weighted by Gasteiger charge is -2.46. The van der Waals surface area contributed by atoms with Crippen LogP contribution in [-0.2, 0) is 6.42 Å². The van der Waals surface area contributed by atoms with Crippen molar-refractivity contribution in [1.82, 2.24) is 9.88 Å². The Bertz CT molecular complexity index is 716. The second-order valence-corrected chi connectivity index (χ2v) is 8.24. The normalized spacial score (nSPS) is 24.9. The minimum atomic E-state index is -0.174. The lowest BCUT2D eigenvalue weighted by Crippen LogP contribution is -2.54. The fourth-order valence-corrected chi connectivity index (χ4v) is 4.72. The van der Waals surface area contributed by atoms with E-state index in [2.05, 4.69) is 39.0 Å². The number of hydrogen-bond acceptors (Lipinski definition) is 4. The molecule has 2 atom stereocenters. The Morgan fingerprint density at radius 1 is 1.00 bits per heavy atom. The minimum Gasteiger partial charge on any atom is -0.393 e. The van der Waals surface area contributed by atoms with Gasteiger partial charge in [-0.2, -0.15) is 0 Å². The van der Waals surface area contributed by atoms with Gasteiger partial charge < -0.3 is 10.0 Å². The number of aliphatic hydroxyl groups excluding tert-OH is 1. The van der Waals surface area contributed by atoms with Crippen LogP contribution in [0.15, 0.2) is 48.7 Å². The number of rotatable bonds is 4. The van der Waals surface area contributed by atoms with Gasteiger partial charge in [0.05, 0.1) is 6.10 Å². The number of nitrogens with zero attached hydrogens (tertiary/aromatic N) is 3. The molecule has 0 unspecified atom stereocenters. The molecule has 0 aliphatic carbocycles. The Kier molecular flexibility index (Phi) is 5.96. The van der Waals surface area contributed by atoms with Gasteiger partial charge in [0.1, 0.15) is 5.82 Å². The Labute approximate surface area is 166 Å². The minimum absolute atomic E-state index is 0.174. The van der Waals surface area contributed by atoms with E-state index in [-0.39, 0.29) is 6.10 Å². The summed E-state index contributed by atoms with van der Waals surface area (Å²) in [5.74, 6) is 1.09. The van der Waals surface area contributed by atoms with Crippen LogP contribution < -0.4 is 4.90 Å². The topological polar surface area (TPSA) is 39.6 Å². The number of aliphatic hydroxyl groups is 1. The summed E-state index contributed by atoms with van der Waals surface area (Å²) in [7, 11) is 0. The van der Waals surface area contributed by atoms with E-state index in [1.54, 1.807) is 0 Å². The predicted molar refractivity (Wildman–Crippen MR) is 110 cm³/mol. The standard InChI is InChI=1S/C22H28ClN3O/c23-18-6-4-17(5-7-18)15-20-16-21(27)10-14-26(20)19-8-12-25(13-9-19)22-3-1-2-11-24-22/h1-7,11,19-21,27H,8-10,12-16H2/t20-,21+/m0/s1. The van der Waals surface area contributed by atoms with Crippen molar-refractivity contribution in [3.8, 4) is 0 Å². The van der Waals surface area contributed by atoms with Crippen LogP contribution in [0.25, 0.3) is 0 Å². The number of pyridine rings is 1.